The number of aryl methyl sites for hydroxylation is 1. The molecule has 0 bridgehead atoms. The largest absolute Gasteiger partial charge is 0.338 e. The first-order chi connectivity index (χ1) is 8.22. The fourth-order valence-electron chi connectivity index (χ4n) is 3.33. The Morgan fingerprint density at radius 2 is 2.29 bits per heavy atom. The molecule has 1 aliphatic heterocycles. The van der Waals surface area contributed by atoms with Gasteiger partial charge in [-0.05, 0) is 31.6 Å². The Kier molecular flexibility index (Phi) is 2.88. The minimum Gasteiger partial charge on any atom is -0.338 e. The van der Waals surface area contributed by atoms with Gasteiger partial charge in [0, 0.05) is 19.1 Å². The zero-order chi connectivity index (χ0) is 11.8. The number of likely N-dealkylation sites (tertiary alicyclic amines) is 1. The molecule has 0 spiro atoms. The van der Waals surface area contributed by atoms with Gasteiger partial charge in [-0.15, -0.1) is 0 Å². The molecule has 5 nitrogen and oxygen atoms in total. The molecule has 1 aliphatic carbocycles. The molecule has 94 valence electrons. The van der Waals surface area contributed by atoms with Gasteiger partial charge in [-0.25, -0.2) is 0 Å². The third-order valence-electron chi connectivity index (χ3n) is 4.16. The van der Waals surface area contributed by atoms with Crippen LogP contribution >= 0.6 is 0 Å². The van der Waals surface area contributed by atoms with Gasteiger partial charge in [-0.3, -0.25) is 4.90 Å². The zero-order valence-electron chi connectivity index (χ0n) is 10.3. The van der Waals surface area contributed by atoms with Gasteiger partial charge >= 0.3 is 0 Å². The third kappa shape index (κ3) is 2.21. The van der Waals surface area contributed by atoms with Crippen molar-refractivity contribution in [3.05, 3.63) is 11.7 Å². The number of nitrogens with zero attached hydrogens (tertiary/aromatic N) is 3. The van der Waals surface area contributed by atoms with Crippen LogP contribution < -0.4 is 5.73 Å². The summed E-state index contributed by atoms with van der Waals surface area (Å²) < 4.78 is 5.17. The number of nitrogens with two attached hydrogens (primary N) is 1. The fourth-order valence-corrected chi connectivity index (χ4v) is 3.33. The summed E-state index contributed by atoms with van der Waals surface area (Å²) in [5.41, 5.74) is 6.20. The first-order valence-electron chi connectivity index (χ1n) is 6.49. The number of aromatic nitrogens is 2. The van der Waals surface area contributed by atoms with E-state index in [1.54, 1.807) is 0 Å². The minimum absolute atomic E-state index is 0.392. The fraction of sp³-hybridized carbons (Fsp3) is 0.833. The molecule has 0 aromatic carbocycles. The van der Waals surface area contributed by atoms with Gasteiger partial charge in [-0.1, -0.05) is 11.6 Å². The minimum atomic E-state index is 0.392. The molecule has 5 heteroatoms. The Labute approximate surface area is 101 Å². The highest BCUT2D eigenvalue weighted by Gasteiger charge is 2.38. The van der Waals surface area contributed by atoms with Crippen molar-refractivity contribution in [1.29, 1.82) is 0 Å². The van der Waals surface area contributed by atoms with Crippen LogP contribution in [0.2, 0.25) is 0 Å². The summed E-state index contributed by atoms with van der Waals surface area (Å²) >= 11 is 0. The molecule has 1 aromatic heterocycles. The summed E-state index contributed by atoms with van der Waals surface area (Å²) in [4.78, 5) is 6.67. The van der Waals surface area contributed by atoms with Crippen LogP contribution in [-0.4, -0.2) is 34.2 Å². The van der Waals surface area contributed by atoms with Crippen LogP contribution in [0.3, 0.4) is 0 Å². The zero-order valence-corrected chi connectivity index (χ0v) is 10.3. The van der Waals surface area contributed by atoms with Gasteiger partial charge in [0.2, 0.25) is 5.89 Å². The van der Waals surface area contributed by atoms with E-state index in [-0.39, 0.29) is 0 Å². The molecule has 2 aliphatic rings. The third-order valence-corrected chi connectivity index (χ3v) is 4.16. The number of fused-ring (bicyclic) bond motifs is 1. The van der Waals surface area contributed by atoms with E-state index in [1.165, 1.54) is 19.3 Å². The molecule has 3 unspecified atom stereocenters. The summed E-state index contributed by atoms with van der Waals surface area (Å²) in [5, 5.41) is 3.83. The predicted molar refractivity (Wildman–Crippen MR) is 63.1 cm³/mol. The molecule has 1 saturated carbocycles. The van der Waals surface area contributed by atoms with Crippen molar-refractivity contribution in [2.75, 3.05) is 13.1 Å². The Morgan fingerprint density at radius 1 is 1.41 bits per heavy atom. The lowest BCUT2D eigenvalue weighted by molar-refractivity contribution is 0.252. The van der Waals surface area contributed by atoms with Crippen molar-refractivity contribution in [3.8, 4) is 0 Å². The molecule has 1 aromatic rings. The van der Waals surface area contributed by atoms with Gasteiger partial charge in [0.1, 0.15) is 0 Å². The number of rotatable bonds is 2. The van der Waals surface area contributed by atoms with Crippen LogP contribution in [-0.2, 0) is 6.54 Å². The van der Waals surface area contributed by atoms with Gasteiger partial charge in [-0.2, -0.15) is 4.98 Å². The second kappa shape index (κ2) is 4.38. The van der Waals surface area contributed by atoms with Gasteiger partial charge < -0.3 is 10.3 Å². The van der Waals surface area contributed by atoms with Crippen molar-refractivity contribution in [2.45, 2.75) is 38.8 Å². The summed E-state index contributed by atoms with van der Waals surface area (Å²) in [7, 11) is 0. The second-order valence-corrected chi connectivity index (χ2v) is 5.45. The lowest BCUT2D eigenvalue weighted by atomic mass is 9.78. The quantitative estimate of drug-likeness (QED) is 0.827. The van der Waals surface area contributed by atoms with E-state index in [1.807, 2.05) is 6.92 Å². The first-order valence-corrected chi connectivity index (χ1v) is 6.49. The van der Waals surface area contributed by atoms with E-state index in [4.69, 9.17) is 10.3 Å². The van der Waals surface area contributed by atoms with Crippen LogP contribution in [0.1, 0.15) is 31.0 Å². The lowest BCUT2D eigenvalue weighted by Crippen LogP contribution is -2.38. The van der Waals surface area contributed by atoms with E-state index in [0.717, 1.165) is 31.4 Å². The van der Waals surface area contributed by atoms with Crippen LogP contribution in [0.25, 0.3) is 0 Å². The van der Waals surface area contributed by atoms with Crippen molar-refractivity contribution in [1.82, 2.24) is 15.0 Å². The molecule has 2 heterocycles. The topological polar surface area (TPSA) is 68.2 Å². The van der Waals surface area contributed by atoms with Crippen LogP contribution in [0.4, 0.5) is 0 Å². The molecule has 2 N–H and O–H groups in total. The standard InChI is InChI=1S/C12H20N4O/c1-8-14-12(17-15-8)7-16-5-9-3-2-4-11(13)10(9)6-16/h9-11H,2-7,13H2,1H3. The second-order valence-electron chi connectivity index (χ2n) is 5.45. The predicted octanol–water partition coefficient (Wildman–Crippen LogP) is 0.937. The number of hydrogen-bond donors (Lipinski definition) is 1. The van der Waals surface area contributed by atoms with Crippen molar-refractivity contribution >= 4 is 0 Å². The van der Waals surface area contributed by atoms with E-state index in [0.29, 0.717) is 17.8 Å². The first kappa shape index (κ1) is 11.2. The van der Waals surface area contributed by atoms with Crippen LogP contribution in [0, 0.1) is 18.8 Å². The average Bonchev–Trinajstić information content (AvgIpc) is 2.86. The lowest BCUT2D eigenvalue weighted by Gasteiger charge is -2.29. The Bertz CT molecular complexity index is 392. The molecule has 2 fully saturated rings. The van der Waals surface area contributed by atoms with E-state index in [2.05, 4.69) is 15.0 Å². The molecule has 3 atom stereocenters. The molecule has 17 heavy (non-hydrogen) atoms. The van der Waals surface area contributed by atoms with Gasteiger partial charge in [0.25, 0.3) is 0 Å². The monoisotopic (exact) mass is 236 g/mol. The summed E-state index contributed by atoms with van der Waals surface area (Å²) in [5.74, 6) is 2.90. The Morgan fingerprint density at radius 3 is 3.00 bits per heavy atom. The van der Waals surface area contributed by atoms with Crippen LogP contribution in [0.15, 0.2) is 4.52 Å². The SMILES string of the molecule is Cc1noc(CN2CC3CCCC(N)C3C2)n1. The average molecular weight is 236 g/mol. The van der Waals surface area contributed by atoms with Crippen LogP contribution in [0.5, 0.6) is 0 Å². The Balaban J connectivity index is 1.63. The highest BCUT2D eigenvalue weighted by atomic mass is 16.5. The van der Waals surface area contributed by atoms with E-state index < -0.39 is 0 Å². The summed E-state index contributed by atoms with van der Waals surface area (Å²) in [6.07, 6.45) is 3.81. The smallest absolute Gasteiger partial charge is 0.240 e. The molecule has 1 saturated heterocycles. The maximum atomic E-state index is 6.20. The van der Waals surface area contributed by atoms with E-state index >= 15 is 0 Å². The van der Waals surface area contributed by atoms with Crippen molar-refractivity contribution < 1.29 is 4.52 Å². The molecular formula is C12H20N4O. The van der Waals surface area contributed by atoms with Crippen molar-refractivity contribution in [2.24, 2.45) is 17.6 Å². The summed E-state index contributed by atoms with van der Waals surface area (Å²) in [6, 6.07) is 0.392. The Hall–Kier alpha value is -0.940. The summed E-state index contributed by atoms with van der Waals surface area (Å²) in [6.45, 7) is 4.86. The molecule has 3 rings (SSSR count). The maximum Gasteiger partial charge on any atom is 0.240 e. The molecule has 0 radical (unpaired) electrons. The highest BCUT2D eigenvalue weighted by molar-refractivity contribution is 4.94. The van der Waals surface area contributed by atoms with Gasteiger partial charge in [0.15, 0.2) is 5.82 Å². The normalized spacial score (nSPS) is 33.9. The van der Waals surface area contributed by atoms with Gasteiger partial charge in [0.05, 0.1) is 6.54 Å². The van der Waals surface area contributed by atoms with E-state index in [9.17, 15) is 0 Å². The maximum absolute atomic E-state index is 6.20. The molecule has 0 amide bonds. The number of hydrogen-bond acceptors (Lipinski definition) is 5. The molecular weight excluding hydrogens is 216 g/mol. The highest BCUT2D eigenvalue weighted by Crippen LogP contribution is 2.35. The van der Waals surface area contributed by atoms with Crippen molar-refractivity contribution in [3.63, 3.8) is 0 Å².